The molecule has 0 bridgehead atoms. The molecule has 0 saturated heterocycles. The second kappa shape index (κ2) is 8.92. The molecule has 4 aromatic rings. The van der Waals surface area contributed by atoms with Crippen molar-refractivity contribution in [1.82, 2.24) is 14.3 Å². The quantitative estimate of drug-likeness (QED) is 0.446. The number of aromatic nitrogens is 2. The highest BCUT2D eigenvalue weighted by molar-refractivity contribution is 5.94. The minimum atomic E-state index is -0.0618. The monoisotopic (exact) mass is 415 g/mol. The first-order valence-electron chi connectivity index (χ1n) is 10.1. The van der Waals surface area contributed by atoms with E-state index in [1.54, 1.807) is 31.2 Å². The number of rotatable bonds is 7. The number of para-hydroxylation sites is 1. The van der Waals surface area contributed by atoms with Crippen LogP contribution in [0.3, 0.4) is 0 Å². The maximum absolute atomic E-state index is 12.8. The van der Waals surface area contributed by atoms with Gasteiger partial charge in [-0.1, -0.05) is 24.3 Å². The van der Waals surface area contributed by atoms with Crippen LogP contribution < -0.4 is 9.47 Å². The number of carbonyl (C=O) groups excluding carboxylic acids is 1. The number of amides is 1. The molecule has 0 aliphatic carbocycles. The van der Waals surface area contributed by atoms with Gasteiger partial charge < -0.3 is 18.8 Å². The van der Waals surface area contributed by atoms with E-state index in [1.807, 2.05) is 72.2 Å². The largest absolute Gasteiger partial charge is 0.496 e. The number of hydrogen-bond acceptors (Lipinski definition) is 4. The van der Waals surface area contributed by atoms with Crippen LogP contribution in [-0.2, 0) is 13.2 Å². The summed E-state index contributed by atoms with van der Waals surface area (Å²) < 4.78 is 13.2. The lowest BCUT2D eigenvalue weighted by molar-refractivity contribution is 0.0784. The average Bonchev–Trinajstić information content (AvgIpc) is 3.22. The zero-order valence-corrected chi connectivity index (χ0v) is 17.9. The Labute approximate surface area is 181 Å². The Kier molecular flexibility index (Phi) is 5.89. The van der Waals surface area contributed by atoms with Crippen LogP contribution in [0.15, 0.2) is 73.1 Å². The minimum absolute atomic E-state index is 0.0618. The lowest BCUT2D eigenvalue weighted by atomic mass is 10.1. The summed E-state index contributed by atoms with van der Waals surface area (Å²) in [7, 11) is 3.41. The Morgan fingerprint density at radius 2 is 1.84 bits per heavy atom. The summed E-state index contributed by atoms with van der Waals surface area (Å²) in [6.07, 6.45) is 3.94. The Hall–Kier alpha value is -3.80. The molecule has 0 N–H and O–H groups in total. The summed E-state index contributed by atoms with van der Waals surface area (Å²) in [4.78, 5) is 19.1. The van der Waals surface area contributed by atoms with Gasteiger partial charge in [-0.2, -0.15) is 0 Å². The highest BCUT2D eigenvalue weighted by atomic mass is 16.5. The summed E-state index contributed by atoms with van der Waals surface area (Å²) in [6, 6.07) is 18.9. The van der Waals surface area contributed by atoms with Crippen molar-refractivity contribution in [2.24, 2.45) is 0 Å². The van der Waals surface area contributed by atoms with Gasteiger partial charge in [-0.3, -0.25) is 4.79 Å². The number of fused-ring (bicyclic) bond motifs is 1. The van der Waals surface area contributed by atoms with Crippen LogP contribution in [0, 0.1) is 6.92 Å². The number of aryl methyl sites for hydroxylation is 1. The van der Waals surface area contributed by atoms with Crippen LogP contribution in [0.2, 0.25) is 0 Å². The lowest BCUT2D eigenvalue weighted by Gasteiger charge is -2.19. The van der Waals surface area contributed by atoms with Crippen molar-refractivity contribution in [1.29, 1.82) is 0 Å². The average molecular weight is 415 g/mol. The van der Waals surface area contributed by atoms with Gasteiger partial charge in [0.2, 0.25) is 0 Å². The first-order chi connectivity index (χ1) is 15.0. The molecular formula is C25H25N3O3. The van der Waals surface area contributed by atoms with Gasteiger partial charge in [0.15, 0.2) is 0 Å². The van der Waals surface area contributed by atoms with Crippen molar-refractivity contribution in [2.75, 3.05) is 14.2 Å². The first-order valence-corrected chi connectivity index (χ1v) is 10.1. The molecule has 0 spiro atoms. The molecular weight excluding hydrogens is 390 g/mol. The molecule has 6 heteroatoms. The third kappa shape index (κ3) is 4.53. The molecule has 2 heterocycles. The van der Waals surface area contributed by atoms with Crippen molar-refractivity contribution in [3.63, 3.8) is 0 Å². The van der Waals surface area contributed by atoms with Gasteiger partial charge in [0, 0.05) is 37.1 Å². The summed E-state index contributed by atoms with van der Waals surface area (Å²) in [5.41, 5.74) is 4.47. The molecule has 31 heavy (non-hydrogen) atoms. The molecule has 0 saturated carbocycles. The van der Waals surface area contributed by atoms with Crippen molar-refractivity contribution in [2.45, 2.75) is 20.1 Å². The van der Waals surface area contributed by atoms with E-state index in [0.717, 1.165) is 28.2 Å². The number of methoxy groups -OCH3 is 1. The summed E-state index contributed by atoms with van der Waals surface area (Å²) in [5, 5.41) is 0. The number of benzene rings is 2. The van der Waals surface area contributed by atoms with E-state index in [4.69, 9.17) is 9.47 Å². The fourth-order valence-electron chi connectivity index (χ4n) is 3.51. The second-order valence-electron chi connectivity index (χ2n) is 7.44. The van der Waals surface area contributed by atoms with E-state index in [9.17, 15) is 4.79 Å². The van der Waals surface area contributed by atoms with Crippen molar-refractivity contribution >= 4 is 11.6 Å². The molecule has 2 aromatic heterocycles. The standard InChI is InChI=1S/C25H25N3O3/c1-18-7-6-14-28-16-21(26-24(18)28)17-31-22-12-10-19(11-13-22)25(29)27(2)15-20-8-4-5-9-23(20)30-3/h4-14,16H,15,17H2,1-3H3. The number of carbonyl (C=O) groups is 1. The number of pyridine rings is 1. The molecule has 0 radical (unpaired) electrons. The van der Waals surface area contributed by atoms with E-state index in [1.165, 1.54) is 0 Å². The van der Waals surface area contributed by atoms with Gasteiger partial charge >= 0.3 is 0 Å². The van der Waals surface area contributed by atoms with Crippen molar-refractivity contribution < 1.29 is 14.3 Å². The Balaban J connectivity index is 1.38. The van der Waals surface area contributed by atoms with Crippen molar-refractivity contribution in [3.05, 3.63) is 95.4 Å². The number of imidazole rings is 1. The number of hydrogen-bond donors (Lipinski definition) is 0. The van der Waals surface area contributed by atoms with Crippen LogP contribution in [0.25, 0.3) is 5.65 Å². The number of ether oxygens (including phenoxy) is 2. The zero-order chi connectivity index (χ0) is 21.8. The number of nitrogens with zero attached hydrogens (tertiary/aromatic N) is 3. The molecule has 0 fully saturated rings. The normalized spacial score (nSPS) is 10.8. The summed E-state index contributed by atoms with van der Waals surface area (Å²) in [6.45, 7) is 2.87. The van der Waals surface area contributed by atoms with E-state index in [0.29, 0.717) is 24.5 Å². The van der Waals surface area contributed by atoms with E-state index >= 15 is 0 Å². The summed E-state index contributed by atoms with van der Waals surface area (Å²) >= 11 is 0. The molecule has 158 valence electrons. The van der Waals surface area contributed by atoms with E-state index in [-0.39, 0.29) is 5.91 Å². The molecule has 0 aliphatic rings. The molecule has 2 aromatic carbocycles. The third-order valence-electron chi connectivity index (χ3n) is 5.16. The van der Waals surface area contributed by atoms with Gasteiger partial charge in [0.25, 0.3) is 5.91 Å². The maximum atomic E-state index is 12.8. The second-order valence-corrected chi connectivity index (χ2v) is 7.44. The van der Waals surface area contributed by atoms with Crippen LogP contribution in [0.5, 0.6) is 11.5 Å². The molecule has 0 atom stereocenters. The lowest BCUT2D eigenvalue weighted by Crippen LogP contribution is -2.26. The molecule has 4 rings (SSSR count). The molecule has 0 aliphatic heterocycles. The Morgan fingerprint density at radius 1 is 1.06 bits per heavy atom. The molecule has 1 amide bonds. The van der Waals surface area contributed by atoms with Crippen LogP contribution in [0.1, 0.15) is 27.2 Å². The van der Waals surface area contributed by atoms with Gasteiger partial charge in [-0.05, 0) is 48.9 Å². The van der Waals surface area contributed by atoms with E-state index < -0.39 is 0 Å². The van der Waals surface area contributed by atoms with Gasteiger partial charge in [0.05, 0.1) is 12.8 Å². The van der Waals surface area contributed by atoms with Gasteiger partial charge in [0.1, 0.15) is 23.8 Å². The van der Waals surface area contributed by atoms with Gasteiger partial charge in [-0.15, -0.1) is 0 Å². The predicted molar refractivity (Wildman–Crippen MR) is 119 cm³/mol. The van der Waals surface area contributed by atoms with Crippen LogP contribution in [-0.4, -0.2) is 34.3 Å². The predicted octanol–water partition coefficient (Wildman–Crippen LogP) is 4.50. The first kappa shape index (κ1) is 20.5. The minimum Gasteiger partial charge on any atom is -0.496 e. The zero-order valence-electron chi connectivity index (χ0n) is 17.9. The summed E-state index contributed by atoms with van der Waals surface area (Å²) in [5.74, 6) is 1.40. The topological polar surface area (TPSA) is 56.1 Å². The fraction of sp³-hybridized carbons (Fsp3) is 0.200. The van der Waals surface area contributed by atoms with E-state index in [2.05, 4.69) is 4.98 Å². The van der Waals surface area contributed by atoms with Crippen LogP contribution >= 0.6 is 0 Å². The molecule has 0 unspecified atom stereocenters. The van der Waals surface area contributed by atoms with Crippen LogP contribution in [0.4, 0.5) is 0 Å². The fourth-order valence-corrected chi connectivity index (χ4v) is 3.51. The molecule has 6 nitrogen and oxygen atoms in total. The smallest absolute Gasteiger partial charge is 0.253 e. The SMILES string of the molecule is COc1ccccc1CN(C)C(=O)c1ccc(OCc2cn3cccc(C)c3n2)cc1. The highest BCUT2D eigenvalue weighted by Gasteiger charge is 2.14. The third-order valence-corrected chi connectivity index (χ3v) is 5.16. The van der Waals surface area contributed by atoms with Gasteiger partial charge in [-0.25, -0.2) is 4.98 Å². The highest BCUT2D eigenvalue weighted by Crippen LogP contribution is 2.21. The Bertz CT molecular complexity index is 1200. The Morgan fingerprint density at radius 3 is 2.58 bits per heavy atom. The maximum Gasteiger partial charge on any atom is 0.253 e. The van der Waals surface area contributed by atoms with Crippen molar-refractivity contribution in [3.8, 4) is 11.5 Å².